The van der Waals surface area contributed by atoms with Crippen molar-refractivity contribution in [3.05, 3.63) is 29.3 Å². The van der Waals surface area contributed by atoms with Crippen molar-refractivity contribution in [3.63, 3.8) is 0 Å². The fraction of sp³-hybridized carbons (Fsp3) is 0.583. The van der Waals surface area contributed by atoms with Crippen LogP contribution < -0.4 is 17.0 Å². The van der Waals surface area contributed by atoms with Gasteiger partial charge in [0, 0.05) is 10.8 Å². The van der Waals surface area contributed by atoms with E-state index < -0.39 is 85.9 Å². The van der Waals surface area contributed by atoms with Gasteiger partial charge >= 0.3 is 14.5 Å². The van der Waals surface area contributed by atoms with Gasteiger partial charge in [0.15, 0.2) is 22.6 Å². The fourth-order valence-electron chi connectivity index (χ4n) is 8.30. The molecule has 20 nitrogen and oxygen atoms in total. The Balaban J connectivity index is 1.09. The second-order valence-corrected chi connectivity index (χ2v) is 17.1. The minimum absolute atomic E-state index is 0.0296. The molecule has 9 rings (SSSR count). The summed E-state index contributed by atoms with van der Waals surface area (Å²) in [5, 5.41) is 23.2. The van der Waals surface area contributed by atoms with Gasteiger partial charge in [-0.2, -0.15) is 4.98 Å². The van der Waals surface area contributed by atoms with Crippen LogP contribution in [-0.4, -0.2) is 96.7 Å². The maximum absolute atomic E-state index is 13.6. The topological polar surface area (TPSA) is 294 Å². The maximum atomic E-state index is 13.6. The lowest BCUT2D eigenvalue weighted by Crippen LogP contribution is -2.38. The van der Waals surface area contributed by atoms with Gasteiger partial charge in [-0.05, 0) is 36.5 Å². The van der Waals surface area contributed by atoms with E-state index in [2.05, 4.69) is 29.9 Å². The van der Waals surface area contributed by atoms with E-state index in [9.17, 15) is 29.4 Å². The molecule has 12 atom stereocenters. The molecular formula is C24H28N10O10P2S. The minimum Gasteiger partial charge on any atom is -0.390 e. The molecule has 5 fully saturated rings. The third kappa shape index (κ3) is 4.23. The van der Waals surface area contributed by atoms with Crippen LogP contribution in [0.2, 0.25) is 0 Å². The van der Waals surface area contributed by atoms with Crippen LogP contribution >= 0.6 is 14.5 Å². The highest BCUT2D eigenvalue weighted by Crippen LogP contribution is 2.74. The maximum Gasteiger partial charge on any atom is 0.472 e. The number of aromatic nitrogens is 8. The minimum atomic E-state index is -4.93. The highest BCUT2D eigenvalue weighted by molar-refractivity contribution is 8.07. The number of aromatic amines is 1. The number of nitrogens with two attached hydrogens (primary N) is 2. The number of nitrogen functional groups attached to an aromatic ring is 2. The molecular weight excluding hydrogens is 682 g/mol. The number of nitrogens with zero attached hydrogens (tertiary/aromatic N) is 7. The standard InChI is InChI=1S/C24H28N10O10P2S/c25-18-10-19(28-5-27-18)33(6-29-10)12-8-2-24(8)4-41-45(38,39)43-15-13(34-7-30-11-20(34)31-22(26)32-21(11)37)9-1-23(9,16(15)36)3-42-46(40,47)44-17(24)14(12)35/h5-9,12-17,35-36H,1-4H2,(H,38,39)(H,40,47)(H2,25,27,28)(H3,26,31,32,37)/t8-,9-,12-,13-,14+,15+,16+,17+,23-,24-,46?/m1/s1. The van der Waals surface area contributed by atoms with Gasteiger partial charge in [-0.25, -0.2) is 24.5 Å². The SMILES string of the molecule is Nc1nc2c(ncn2[C@H]2[C@@H]3OP(=O)(O)OC[C@]45C[C@@H]4[C@@H](n4cnc6c(N)ncnc64)[C@H](O)[C@@H]5OP(O)(=S)OC[C@@]4(C[C@H]24)[C@H]3O)c(=O)[nH]1. The molecule has 4 aromatic heterocycles. The summed E-state index contributed by atoms with van der Waals surface area (Å²) in [5.41, 5.74) is 9.72. The first-order valence-corrected chi connectivity index (χ1v) is 18.7. The van der Waals surface area contributed by atoms with E-state index in [0.717, 1.165) is 0 Å². The number of hydrogen-bond donors (Lipinski definition) is 7. The van der Waals surface area contributed by atoms with Crippen LogP contribution in [0.15, 0.2) is 23.8 Å². The van der Waals surface area contributed by atoms with Gasteiger partial charge in [0.1, 0.15) is 30.2 Å². The van der Waals surface area contributed by atoms with Gasteiger partial charge in [0.25, 0.3) is 5.56 Å². The molecule has 2 unspecified atom stereocenters. The lowest BCUT2D eigenvalue weighted by molar-refractivity contribution is -0.0321. The summed E-state index contributed by atoms with van der Waals surface area (Å²) in [5.74, 6) is -0.880. The number of anilines is 2. The van der Waals surface area contributed by atoms with E-state index in [0.29, 0.717) is 24.0 Å². The normalized spacial score (nSPS) is 44.3. The van der Waals surface area contributed by atoms with Gasteiger partial charge in [-0.1, -0.05) is 0 Å². The Hall–Kier alpha value is -2.94. The number of fused-ring (bicyclic) bond motifs is 3. The van der Waals surface area contributed by atoms with Crippen molar-refractivity contribution in [2.75, 3.05) is 24.7 Å². The third-order valence-corrected chi connectivity index (χ3v) is 13.1. The number of imidazole rings is 2. The second kappa shape index (κ2) is 9.60. The van der Waals surface area contributed by atoms with Crippen LogP contribution in [0.4, 0.5) is 11.8 Å². The molecule has 5 heterocycles. The van der Waals surface area contributed by atoms with Crippen molar-refractivity contribution in [1.29, 1.82) is 0 Å². The third-order valence-electron chi connectivity index (χ3n) is 10.6. The lowest BCUT2D eigenvalue weighted by Gasteiger charge is -2.31. The van der Waals surface area contributed by atoms with E-state index in [1.807, 2.05) is 0 Å². The summed E-state index contributed by atoms with van der Waals surface area (Å²) >= 11 is 5.42. The Labute approximate surface area is 267 Å². The van der Waals surface area contributed by atoms with Crippen LogP contribution in [0.5, 0.6) is 0 Å². The number of nitrogens with one attached hydrogen (secondary N) is 1. The number of rotatable bonds is 2. The largest absolute Gasteiger partial charge is 0.472 e. The number of phosphoric ester groups is 1. The van der Waals surface area contributed by atoms with Crippen LogP contribution in [0.3, 0.4) is 0 Å². The molecule has 4 aliphatic carbocycles. The summed E-state index contributed by atoms with van der Waals surface area (Å²) in [7, 11) is -4.93. The van der Waals surface area contributed by atoms with E-state index in [4.69, 9.17) is 41.4 Å². The number of aliphatic hydroxyl groups is 2. The molecule has 1 saturated heterocycles. The van der Waals surface area contributed by atoms with Crippen molar-refractivity contribution < 1.29 is 42.7 Å². The number of hydrogen-bond acceptors (Lipinski definition) is 16. The number of phosphoric acid groups is 1. The average molecular weight is 711 g/mol. The van der Waals surface area contributed by atoms with E-state index in [1.165, 1.54) is 23.5 Å². The molecule has 9 N–H and O–H groups in total. The highest BCUT2D eigenvalue weighted by atomic mass is 32.5. The van der Waals surface area contributed by atoms with Crippen LogP contribution in [-0.2, 0) is 34.5 Å². The van der Waals surface area contributed by atoms with Gasteiger partial charge < -0.3 is 49.6 Å². The molecule has 250 valence electrons. The molecule has 2 spiro atoms. The Morgan fingerprint density at radius 2 is 1.62 bits per heavy atom. The van der Waals surface area contributed by atoms with Crippen molar-refractivity contribution in [2.24, 2.45) is 22.7 Å². The predicted molar refractivity (Wildman–Crippen MR) is 161 cm³/mol. The van der Waals surface area contributed by atoms with Crippen molar-refractivity contribution >= 4 is 60.4 Å². The second-order valence-electron chi connectivity index (χ2n) is 12.9. The van der Waals surface area contributed by atoms with Crippen LogP contribution in [0.1, 0.15) is 24.9 Å². The predicted octanol–water partition coefficient (Wildman–Crippen LogP) is -0.898. The molecule has 23 heteroatoms. The van der Waals surface area contributed by atoms with E-state index in [-0.39, 0.29) is 29.5 Å². The Bertz CT molecular complexity index is 2150. The Morgan fingerprint density at radius 1 is 0.936 bits per heavy atom. The van der Waals surface area contributed by atoms with Gasteiger partial charge in [0.05, 0.1) is 44.1 Å². The zero-order chi connectivity index (χ0) is 32.8. The zero-order valence-electron chi connectivity index (χ0n) is 24.0. The first-order valence-electron chi connectivity index (χ1n) is 14.6. The number of aliphatic hydroxyl groups excluding tert-OH is 2. The first kappa shape index (κ1) is 30.1. The zero-order valence-corrected chi connectivity index (χ0v) is 26.6. The lowest BCUT2D eigenvalue weighted by atomic mass is 10.0. The van der Waals surface area contributed by atoms with E-state index >= 15 is 0 Å². The summed E-state index contributed by atoms with van der Waals surface area (Å²) in [6.07, 6.45) is -0.522. The number of H-pyrrole nitrogens is 1. The van der Waals surface area contributed by atoms with E-state index in [1.54, 1.807) is 4.57 Å². The van der Waals surface area contributed by atoms with Gasteiger partial charge in [-0.15, -0.1) is 0 Å². The first-order chi connectivity index (χ1) is 22.3. The molecule has 0 aromatic carbocycles. The monoisotopic (exact) mass is 710 g/mol. The Morgan fingerprint density at radius 3 is 2.40 bits per heavy atom. The molecule has 5 aliphatic rings. The smallest absolute Gasteiger partial charge is 0.390 e. The molecule has 4 aromatic rings. The molecule has 2 bridgehead atoms. The molecule has 0 radical (unpaired) electrons. The molecule has 47 heavy (non-hydrogen) atoms. The summed E-state index contributed by atoms with van der Waals surface area (Å²) in [6.45, 7) is -4.84. The molecule has 0 amide bonds. The summed E-state index contributed by atoms with van der Waals surface area (Å²) < 4.78 is 39.9. The van der Waals surface area contributed by atoms with Crippen molar-refractivity contribution in [1.82, 2.24) is 39.0 Å². The van der Waals surface area contributed by atoms with Crippen LogP contribution in [0, 0.1) is 22.7 Å². The summed E-state index contributed by atoms with van der Waals surface area (Å²) in [6, 6.07) is -1.57. The molecule has 4 saturated carbocycles. The van der Waals surface area contributed by atoms with Gasteiger partial charge in [0.2, 0.25) is 5.95 Å². The quantitative estimate of drug-likeness (QED) is 0.124. The Kier molecular flexibility index (Phi) is 6.16. The molecule has 1 aliphatic heterocycles. The summed E-state index contributed by atoms with van der Waals surface area (Å²) in [4.78, 5) is 58.1. The van der Waals surface area contributed by atoms with Crippen LogP contribution in [0.25, 0.3) is 22.3 Å². The average Bonchev–Trinajstić information content (AvgIpc) is 3.71. The highest BCUT2D eigenvalue weighted by Gasteiger charge is 2.76. The fourth-order valence-corrected chi connectivity index (χ4v) is 10.8. The van der Waals surface area contributed by atoms with Crippen molar-refractivity contribution in [3.8, 4) is 0 Å². The van der Waals surface area contributed by atoms with Gasteiger partial charge in [-0.3, -0.25) is 18.8 Å². The van der Waals surface area contributed by atoms with Crippen molar-refractivity contribution in [2.45, 2.75) is 49.3 Å².